The van der Waals surface area contributed by atoms with Crippen LogP contribution in [0.25, 0.3) is 0 Å². The third-order valence-corrected chi connectivity index (χ3v) is 3.81. The van der Waals surface area contributed by atoms with Gasteiger partial charge in [-0.15, -0.1) is 0 Å². The molecule has 0 aromatic heterocycles. The number of aliphatic imine (C=N–C) groups is 1. The van der Waals surface area contributed by atoms with E-state index in [-0.39, 0.29) is 16.5 Å². The summed E-state index contributed by atoms with van der Waals surface area (Å²) in [6, 6.07) is 13.0. The third kappa shape index (κ3) is 2.67. The Balaban J connectivity index is 2.14. The second-order valence-electron chi connectivity index (χ2n) is 5.08. The van der Waals surface area contributed by atoms with Gasteiger partial charge in [0, 0.05) is 5.56 Å². The van der Waals surface area contributed by atoms with E-state index in [0.29, 0.717) is 5.56 Å². The number of carbonyl (C=O) groups is 1. The minimum absolute atomic E-state index is 0.0530. The van der Waals surface area contributed by atoms with E-state index >= 15 is 0 Å². The first kappa shape index (κ1) is 15.5. The normalized spacial score (nSPS) is 20.5. The van der Waals surface area contributed by atoms with Gasteiger partial charge in [0.2, 0.25) is 0 Å². The molecule has 0 saturated carbocycles. The van der Waals surface area contributed by atoms with Gasteiger partial charge in [-0.1, -0.05) is 48.0 Å². The second kappa shape index (κ2) is 5.64. The molecule has 0 aliphatic carbocycles. The van der Waals surface area contributed by atoms with Gasteiger partial charge >= 0.3 is 5.97 Å². The van der Waals surface area contributed by atoms with Gasteiger partial charge in [0.1, 0.15) is 5.84 Å². The van der Waals surface area contributed by atoms with E-state index in [0.717, 1.165) is 0 Å². The highest BCUT2D eigenvalue weighted by molar-refractivity contribution is 6.31. The molecule has 5 nitrogen and oxygen atoms in total. The van der Waals surface area contributed by atoms with Crippen molar-refractivity contribution in [3.05, 3.63) is 64.9 Å². The Morgan fingerprint density at radius 3 is 2.57 bits per heavy atom. The zero-order chi connectivity index (χ0) is 16.6. The van der Waals surface area contributed by atoms with Crippen molar-refractivity contribution in [1.29, 1.82) is 0 Å². The fourth-order valence-corrected chi connectivity index (χ4v) is 2.56. The Morgan fingerprint density at radius 2 is 1.91 bits per heavy atom. The first-order chi connectivity index (χ1) is 10.9. The van der Waals surface area contributed by atoms with E-state index in [1.807, 2.05) is 0 Å². The number of rotatable bonds is 3. The number of carboxylic acid groups (broad SMARTS) is 1. The van der Waals surface area contributed by atoms with Crippen molar-refractivity contribution in [1.82, 2.24) is 0 Å². The van der Waals surface area contributed by atoms with E-state index < -0.39 is 24.1 Å². The van der Waals surface area contributed by atoms with E-state index in [4.69, 9.17) is 11.6 Å². The Labute approximate surface area is 136 Å². The predicted octanol–water partition coefficient (Wildman–Crippen LogP) is 2.52. The molecule has 23 heavy (non-hydrogen) atoms. The lowest BCUT2D eigenvalue weighted by molar-refractivity contribution is -0.155. The van der Waals surface area contributed by atoms with Crippen LogP contribution in [0.3, 0.4) is 0 Å². The smallest absolute Gasteiger partial charge is 0.361 e. The SMILES string of the molecule is O=C(O)C1(O)CN(c2cccc(Cl)c2F)C(c2ccccc2)=N1. The topological polar surface area (TPSA) is 73.1 Å². The minimum Gasteiger partial charge on any atom is -0.478 e. The quantitative estimate of drug-likeness (QED) is 0.904. The summed E-state index contributed by atoms with van der Waals surface area (Å²) in [5, 5.41) is 19.3. The number of β-amino-alcohol motifs (C(OH)–C–C–N with tert-alkyl or cyclic N) is 1. The van der Waals surface area contributed by atoms with Gasteiger partial charge in [0.15, 0.2) is 5.82 Å². The fourth-order valence-electron chi connectivity index (χ4n) is 2.39. The molecule has 1 aliphatic heterocycles. The first-order valence-electron chi connectivity index (χ1n) is 6.75. The zero-order valence-electron chi connectivity index (χ0n) is 11.8. The lowest BCUT2D eigenvalue weighted by Gasteiger charge is -2.23. The van der Waals surface area contributed by atoms with E-state index in [1.165, 1.54) is 17.0 Å². The first-order valence-corrected chi connectivity index (χ1v) is 7.13. The Hall–Kier alpha value is -2.44. The van der Waals surface area contributed by atoms with Crippen LogP contribution in [0, 0.1) is 5.82 Å². The van der Waals surface area contributed by atoms with E-state index in [9.17, 15) is 19.4 Å². The predicted molar refractivity (Wildman–Crippen MR) is 84.3 cm³/mol. The van der Waals surface area contributed by atoms with Crippen molar-refractivity contribution in [2.75, 3.05) is 11.4 Å². The number of benzene rings is 2. The summed E-state index contributed by atoms with van der Waals surface area (Å²) in [6.07, 6.45) is 0. The standard InChI is InChI=1S/C16H12ClFN2O3/c17-11-7-4-8-12(13(11)18)20-9-16(23,15(21)22)19-14(20)10-5-2-1-3-6-10/h1-8,23H,9H2,(H,21,22). The zero-order valence-corrected chi connectivity index (χ0v) is 12.5. The number of halogens is 2. The van der Waals surface area contributed by atoms with Crippen LogP contribution in [-0.4, -0.2) is 34.3 Å². The van der Waals surface area contributed by atoms with Gasteiger partial charge in [-0.05, 0) is 12.1 Å². The van der Waals surface area contributed by atoms with Crippen molar-refractivity contribution >= 4 is 29.1 Å². The molecule has 3 rings (SSSR count). The monoisotopic (exact) mass is 334 g/mol. The molecule has 1 unspecified atom stereocenters. The molecule has 0 fully saturated rings. The van der Waals surface area contributed by atoms with Gasteiger partial charge in [-0.25, -0.2) is 14.2 Å². The molecular formula is C16H12ClFN2O3. The summed E-state index contributed by atoms with van der Waals surface area (Å²) in [5.41, 5.74) is -1.73. The highest BCUT2D eigenvalue weighted by Gasteiger charge is 2.45. The molecule has 2 N–H and O–H groups in total. The number of anilines is 1. The summed E-state index contributed by atoms with van der Waals surface area (Å²) in [4.78, 5) is 16.5. The molecular weight excluding hydrogens is 323 g/mol. The van der Waals surface area contributed by atoms with Gasteiger partial charge in [-0.3, -0.25) is 0 Å². The van der Waals surface area contributed by atoms with Crippen LogP contribution in [0.5, 0.6) is 0 Å². The van der Waals surface area contributed by atoms with Gasteiger partial charge in [-0.2, -0.15) is 0 Å². The average molecular weight is 335 g/mol. The molecule has 0 bridgehead atoms. The van der Waals surface area contributed by atoms with Crippen LogP contribution in [0.1, 0.15) is 5.56 Å². The molecule has 0 spiro atoms. The fraction of sp³-hybridized carbons (Fsp3) is 0.125. The Kier molecular flexibility index (Phi) is 3.79. The molecule has 1 aliphatic rings. The van der Waals surface area contributed by atoms with E-state index in [2.05, 4.69) is 4.99 Å². The number of hydrogen-bond acceptors (Lipinski definition) is 4. The largest absolute Gasteiger partial charge is 0.478 e. The number of aliphatic hydroxyl groups is 1. The molecule has 7 heteroatoms. The summed E-state index contributed by atoms with van der Waals surface area (Å²) in [5.74, 6) is -2.04. The minimum atomic E-state index is -2.35. The lowest BCUT2D eigenvalue weighted by atomic mass is 10.1. The molecule has 1 atom stereocenters. The third-order valence-electron chi connectivity index (χ3n) is 3.52. The molecule has 0 radical (unpaired) electrons. The average Bonchev–Trinajstić information content (AvgIpc) is 2.90. The van der Waals surface area contributed by atoms with E-state index in [1.54, 1.807) is 36.4 Å². The molecule has 118 valence electrons. The molecule has 0 saturated heterocycles. The number of carboxylic acids is 1. The van der Waals surface area contributed by atoms with Crippen LogP contribution in [0.15, 0.2) is 53.5 Å². The maximum Gasteiger partial charge on any atom is 0.361 e. The Bertz CT molecular complexity index is 797. The van der Waals surface area contributed by atoms with Crippen LogP contribution < -0.4 is 4.90 Å². The van der Waals surface area contributed by atoms with Crippen molar-refractivity contribution in [3.8, 4) is 0 Å². The highest BCUT2D eigenvalue weighted by atomic mass is 35.5. The van der Waals surface area contributed by atoms with Crippen molar-refractivity contribution in [2.24, 2.45) is 4.99 Å². The number of aliphatic carboxylic acids is 1. The summed E-state index contributed by atoms with van der Waals surface area (Å²) >= 11 is 5.80. The van der Waals surface area contributed by atoms with Crippen molar-refractivity contribution in [3.63, 3.8) is 0 Å². The van der Waals surface area contributed by atoms with Crippen molar-refractivity contribution in [2.45, 2.75) is 5.72 Å². The number of hydrogen-bond donors (Lipinski definition) is 2. The number of amidine groups is 1. The second-order valence-corrected chi connectivity index (χ2v) is 5.49. The van der Waals surface area contributed by atoms with Crippen molar-refractivity contribution < 1.29 is 19.4 Å². The summed E-state index contributed by atoms with van der Waals surface area (Å²) < 4.78 is 14.3. The molecule has 0 amide bonds. The summed E-state index contributed by atoms with van der Waals surface area (Å²) in [6.45, 7) is -0.413. The van der Waals surface area contributed by atoms with Crippen LogP contribution >= 0.6 is 11.6 Å². The summed E-state index contributed by atoms with van der Waals surface area (Å²) in [7, 11) is 0. The lowest BCUT2D eigenvalue weighted by Crippen LogP contribution is -2.42. The highest BCUT2D eigenvalue weighted by Crippen LogP contribution is 2.32. The number of nitrogens with zero attached hydrogens (tertiary/aromatic N) is 2. The van der Waals surface area contributed by atoms with Gasteiger partial charge < -0.3 is 15.1 Å². The van der Waals surface area contributed by atoms with Crippen LogP contribution in [0.4, 0.5) is 10.1 Å². The van der Waals surface area contributed by atoms with Gasteiger partial charge in [0.05, 0.1) is 17.3 Å². The Morgan fingerprint density at radius 1 is 1.22 bits per heavy atom. The van der Waals surface area contributed by atoms with Crippen LogP contribution in [0.2, 0.25) is 5.02 Å². The van der Waals surface area contributed by atoms with Crippen LogP contribution in [-0.2, 0) is 4.79 Å². The van der Waals surface area contributed by atoms with Gasteiger partial charge in [0.25, 0.3) is 5.72 Å². The molecule has 2 aromatic rings. The maximum absolute atomic E-state index is 14.3. The molecule has 1 heterocycles. The molecule has 2 aromatic carbocycles. The maximum atomic E-state index is 14.3.